The summed E-state index contributed by atoms with van der Waals surface area (Å²) in [4.78, 5) is 20.9. The molecule has 1 amide bonds. The van der Waals surface area contributed by atoms with E-state index in [0.29, 0.717) is 18.5 Å². The second kappa shape index (κ2) is 7.88. The van der Waals surface area contributed by atoms with E-state index < -0.39 is 0 Å². The van der Waals surface area contributed by atoms with Crippen LogP contribution in [0.25, 0.3) is 0 Å². The Morgan fingerprint density at radius 2 is 2.26 bits per heavy atom. The number of hydrogen-bond donors (Lipinski definition) is 0. The average molecular weight is 321 g/mol. The van der Waals surface area contributed by atoms with E-state index in [4.69, 9.17) is 4.74 Å². The molecule has 7 heteroatoms. The highest BCUT2D eigenvalue weighted by Gasteiger charge is 2.36. The third kappa shape index (κ3) is 4.09. The molecule has 0 aliphatic carbocycles. The molecule has 3 rings (SSSR count). The zero-order valence-corrected chi connectivity index (χ0v) is 13.9. The first kappa shape index (κ1) is 16.4. The molecular weight excluding hydrogens is 294 g/mol. The Morgan fingerprint density at radius 1 is 1.35 bits per heavy atom. The molecule has 2 aliphatic heterocycles. The van der Waals surface area contributed by atoms with Crippen molar-refractivity contribution in [3.05, 3.63) is 12.7 Å². The fourth-order valence-electron chi connectivity index (χ4n) is 3.64. The van der Waals surface area contributed by atoms with Crippen molar-refractivity contribution in [3.63, 3.8) is 0 Å². The van der Waals surface area contributed by atoms with Crippen molar-refractivity contribution < 1.29 is 9.53 Å². The molecule has 0 N–H and O–H groups in total. The summed E-state index contributed by atoms with van der Waals surface area (Å²) < 4.78 is 7.54. The van der Waals surface area contributed by atoms with Gasteiger partial charge in [-0.25, -0.2) is 4.98 Å². The number of piperazine rings is 1. The number of morpholine rings is 1. The predicted octanol–water partition coefficient (Wildman–Crippen LogP) is 0.770. The van der Waals surface area contributed by atoms with Crippen LogP contribution in [0.15, 0.2) is 12.7 Å². The van der Waals surface area contributed by atoms with Crippen molar-refractivity contribution in [1.82, 2.24) is 24.6 Å². The molecule has 7 nitrogen and oxygen atoms in total. The number of fused-ring (bicyclic) bond motifs is 1. The zero-order valence-electron chi connectivity index (χ0n) is 13.9. The molecule has 3 heterocycles. The van der Waals surface area contributed by atoms with Gasteiger partial charge in [0.15, 0.2) is 0 Å². The summed E-state index contributed by atoms with van der Waals surface area (Å²) in [6, 6.07) is 0.900. The van der Waals surface area contributed by atoms with Crippen LogP contribution in [-0.2, 0) is 16.1 Å². The lowest BCUT2D eigenvalue weighted by Gasteiger charge is -2.48. The molecule has 2 atom stereocenters. The fraction of sp³-hybridized carbons (Fsp3) is 0.812. The first-order valence-electron chi connectivity index (χ1n) is 8.71. The minimum absolute atomic E-state index is 0.252. The molecule has 0 unspecified atom stereocenters. The maximum Gasteiger partial charge on any atom is 0.222 e. The van der Waals surface area contributed by atoms with Gasteiger partial charge in [0.2, 0.25) is 5.91 Å². The van der Waals surface area contributed by atoms with Gasteiger partial charge in [0.1, 0.15) is 12.7 Å². The van der Waals surface area contributed by atoms with Crippen LogP contribution >= 0.6 is 0 Å². The van der Waals surface area contributed by atoms with Gasteiger partial charge in [0.05, 0.1) is 19.3 Å². The van der Waals surface area contributed by atoms with Crippen LogP contribution in [-0.4, -0.2) is 75.4 Å². The highest BCUT2D eigenvalue weighted by molar-refractivity contribution is 5.76. The molecule has 0 saturated carbocycles. The molecule has 0 radical (unpaired) electrons. The molecule has 1 aromatic heterocycles. The van der Waals surface area contributed by atoms with Gasteiger partial charge in [-0.15, -0.1) is 0 Å². The van der Waals surface area contributed by atoms with Gasteiger partial charge < -0.3 is 9.64 Å². The number of hydrogen-bond acceptors (Lipinski definition) is 5. The van der Waals surface area contributed by atoms with Crippen LogP contribution < -0.4 is 0 Å². The Hall–Kier alpha value is -1.47. The molecule has 1 aromatic rings. The first-order chi connectivity index (χ1) is 11.3. The van der Waals surface area contributed by atoms with E-state index in [9.17, 15) is 4.79 Å². The molecule has 128 valence electrons. The number of amides is 1. The largest absolute Gasteiger partial charge is 0.378 e. The van der Waals surface area contributed by atoms with Crippen molar-refractivity contribution >= 4 is 5.91 Å². The van der Waals surface area contributed by atoms with Crippen molar-refractivity contribution in [2.24, 2.45) is 0 Å². The predicted molar refractivity (Wildman–Crippen MR) is 85.8 cm³/mol. The van der Waals surface area contributed by atoms with Crippen molar-refractivity contribution in [3.8, 4) is 0 Å². The van der Waals surface area contributed by atoms with Crippen LogP contribution in [0, 0.1) is 0 Å². The number of carbonyl (C=O) groups excluding carboxylic acids is 1. The fourth-order valence-corrected chi connectivity index (χ4v) is 3.64. The van der Waals surface area contributed by atoms with Gasteiger partial charge in [-0.05, 0) is 12.8 Å². The quantitative estimate of drug-likeness (QED) is 0.774. The number of ether oxygens (including phenoxy) is 1. The van der Waals surface area contributed by atoms with Crippen LogP contribution in [0.1, 0.15) is 32.6 Å². The second-order valence-electron chi connectivity index (χ2n) is 6.47. The zero-order chi connectivity index (χ0) is 16.1. The van der Waals surface area contributed by atoms with Crippen LogP contribution in [0.2, 0.25) is 0 Å². The molecule has 2 aliphatic rings. The summed E-state index contributed by atoms with van der Waals surface area (Å²) in [5.41, 5.74) is 0. The molecule has 0 bridgehead atoms. The van der Waals surface area contributed by atoms with Gasteiger partial charge in [-0.2, -0.15) is 5.10 Å². The minimum Gasteiger partial charge on any atom is -0.378 e. The maximum absolute atomic E-state index is 12.4. The summed E-state index contributed by atoms with van der Waals surface area (Å²) in [5.74, 6) is 0.252. The average Bonchev–Trinajstić information content (AvgIpc) is 3.08. The Kier molecular flexibility index (Phi) is 5.61. The molecular formula is C16H27N5O2. The number of rotatable bonds is 6. The smallest absolute Gasteiger partial charge is 0.222 e. The van der Waals surface area contributed by atoms with E-state index in [1.807, 2.05) is 4.90 Å². The number of aryl methyl sites for hydroxylation is 1. The molecule has 0 spiro atoms. The SMILES string of the molecule is CCC[C@H]1COC[C@H]2CN(C(=O)CCCn3cncn3)CCN12. The van der Waals surface area contributed by atoms with Crippen molar-refractivity contribution in [1.29, 1.82) is 0 Å². The molecule has 2 saturated heterocycles. The Bertz CT molecular complexity index is 491. The van der Waals surface area contributed by atoms with Gasteiger partial charge in [-0.3, -0.25) is 14.4 Å². The van der Waals surface area contributed by atoms with E-state index in [2.05, 4.69) is 21.9 Å². The lowest BCUT2D eigenvalue weighted by molar-refractivity contribution is -0.140. The third-order valence-corrected chi connectivity index (χ3v) is 4.84. The Balaban J connectivity index is 1.45. The van der Waals surface area contributed by atoms with Crippen LogP contribution in [0.5, 0.6) is 0 Å². The van der Waals surface area contributed by atoms with E-state index in [1.54, 1.807) is 11.0 Å². The standard InChI is InChI=1S/C16H27N5O2/c1-2-4-14-10-23-11-15-9-19(7-8-21(14)15)16(22)5-3-6-20-13-17-12-18-20/h12-15H,2-11H2,1H3/t14-,15+/m0/s1. The summed E-state index contributed by atoms with van der Waals surface area (Å²) in [7, 11) is 0. The second-order valence-corrected chi connectivity index (χ2v) is 6.47. The normalized spacial score (nSPS) is 25.3. The van der Waals surface area contributed by atoms with Crippen LogP contribution in [0.3, 0.4) is 0 Å². The summed E-state index contributed by atoms with van der Waals surface area (Å²) in [6.07, 6.45) is 6.96. The topological polar surface area (TPSA) is 63.5 Å². The third-order valence-electron chi connectivity index (χ3n) is 4.84. The van der Waals surface area contributed by atoms with Crippen molar-refractivity contribution in [2.75, 3.05) is 32.8 Å². The molecule has 23 heavy (non-hydrogen) atoms. The van der Waals surface area contributed by atoms with Gasteiger partial charge in [-0.1, -0.05) is 13.3 Å². The number of nitrogens with zero attached hydrogens (tertiary/aromatic N) is 5. The first-order valence-corrected chi connectivity index (χ1v) is 8.71. The van der Waals surface area contributed by atoms with Gasteiger partial charge in [0.25, 0.3) is 0 Å². The monoisotopic (exact) mass is 321 g/mol. The summed E-state index contributed by atoms with van der Waals surface area (Å²) >= 11 is 0. The summed E-state index contributed by atoms with van der Waals surface area (Å²) in [6.45, 7) is 7.20. The number of aromatic nitrogens is 3. The van der Waals surface area contributed by atoms with E-state index >= 15 is 0 Å². The van der Waals surface area contributed by atoms with Crippen molar-refractivity contribution in [2.45, 2.75) is 51.2 Å². The summed E-state index contributed by atoms with van der Waals surface area (Å²) in [5, 5.41) is 4.06. The lowest BCUT2D eigenvalue weighted by atomic mass is 10.0. The molecule has 0 aromatic carbocycles. The van der Waals surface area contributed by atoms with E-state index in [-0.39, 0.29) is 5.91 Å². The van der Waals surface area contributed by atoms with Crippen LogP contribution in [0.4, 0.5) is 0 Å². The minimum atomic E-state index is 0.252. The highest BCUT2D eigenvalue weighted by atomic mass is 16.5. The van der Waals surface area contributed by atoms with Gasteiger partial charge >= 0.3 is 0 Å². The number of carbonyl (C=O) groups is 1. The Morgan fingerprint density at radius 3 is 3.04 bits per heavy atom. The van der Waals surface area contributed by atoms with Gasteiger partial charge in [0, 0.05) is 38.6 Å². The van der Waals surface area contributed by atoms with E-state index in [0.717, 1.165) is 45.8 Å². The maximum atomic E-state index is 12.4. The molecule has 2 fully saturated rings. The lowest BCUT2D eigenvalue weighted by Crippen LogP contribution is -2.62. The van der Waals surface area contributed by atoms with E-state index in [1.165, 1.54) is 19.2 Å². The highest BCUT2D eigenvalue weighted by Crippen LogP contribution is 2.22. The Labute approximate surface area is 137 Å².